The van der Waals surface area contributed by atoms with Crippen molar-refractivity contribution < 1.29 is 25.5 Å². The highest BCUT2D eigenvalue weighted by atomic mass is 16.6. The summed E-state index contributed by atoms with van der Waals surface area (Å²) < 4.78 is 18.8. The molecule has 2 rings (SSSR count). The van der Waals surface area contributed by atoms with Crippen LogP contribution in [-0.4, -0.2) is 57.8 Å². The van der Waals surface area contributed by atoms with Gasteiger partial charge >= 0.3 is 5.69 Å². The number of hydrogen-bond donors (Lipinski definition) is 3. The third-order valence-corrected chi connectivity index (χ3v) is 3.68. The van der Waals surface area contributed by atoms with Gasteiger partial charge in [0.1, 0.15) is 12.2 Å². The molecule has 10 heteroatoms. The highest BCUT2D eigenvalue weighted by Gasteiger charge is 2.49. The van der Waals surface area contributed by atoms with Gasteiger partial charge in [0.25, 0.3) is 11.5 Å². The molecule has 1 fully saturated rings. The Morgan fingerprint density at radius 1 is 1.54 bits per heavy atom. The summed E-state index contributed by atoms with van der Waals surface area (Å²) in [6.45, 7) is 0.868. The number of aliphatic hydroxyl groups excluding tert-OH is 1. The first-order valence-corrected chi connectivity index (χ1v) is 7.08. The van der Waals surface area contributed by atoms with Crippen LogP contribution >= 0.6 is 0 Å². The van der Waals surface area contributed by atoms with Crippen LogP contribution in [0.5, 0.6) is 0 Å². The summed E-state index contributed by atoms with van der Waals surface area (Å²) in [6, 6.07) is 0.0579. The molecule has 1 amide bonds. The normalized spacial score (nSPS) is 28.2. The van der Waals surface area contributed by atoms with Crippen molar-refractivity contribution in [3.8, 4) is 0 Å². The van der Waals surface area contributed by atoms with Crippen molar-refractivity contribution in [1.29, 1.82) is 0 Å². The Kier molecular flexibility index (Phi) is 4.88. The zero-order valence-corrected chi connectivity index (χ0v) is 13.1. The summed E-state index contributed by atoms with van der Waals surface area (Å²) in [5.41, 5.74) is -1.40. The molecular formula is C14H19N3O7. The Hall–Kier alpha value is -2.30. The maximum atomic E-state index is 12.3. The molecule has 132 valence electrons. The molecule has 0 aromatic carbocycles. The van der Waals surface area contributed by atoms with Crippen LogP contribution in [0.3, 0.4) is 0 Å². The Bertz CT molecular complexity index is 761. The number of H-pyrrole nitrogens is 1. The molecule has 0 radical (unpaired) electrons. The zero-order valence-electron chi connectivity index (χ0n) is 14.1. The summed E-state index contributed by atoms with van der Waals surface area (Å²) in [5, 5.41) is 12.6. The van der Waals surface area contributed by atoms with Gasteiger partial charge in [-0.05, 0) is 13.8 Å². The third-order valence-electron chi connectivity index (χ3n) is 3.68. The van der Waals surface area contributed by atoms with E-state index in [1.165, 1.54) is 14.0 Å². The number of amides is 1. The summed E-state index contributed by atoms with van der Waals surface area (Å²) in [6.07, 6.45) is -3.90. The van der Waals surface area contributed by atoms with Gasteiger partial charge in [-0.15, -0.1) is 0 Å². The molecule has 24 heavy (non-hydrogen) atoms. The Labute approximate surface area is 137 Å². The number of Topliss-reactive ketones (excluding diaryl/α,β-unsaturated/α-hetero) is 1. The van der Waals surface area contributed by atoms with Crippen LogP contribution in [-0.2, 0) is 19.1 Å². The number of methoxy groups -OCH3 is 1. The van der Waals surface area contributed by atoms with Gasteiger partial charge in [0.2, 0.25) is 0 Å². The predicted octanol–water partition coefficient (Wildman–Crippen LogP) is -2.10. The lowest BCUT2D eigenvalue weighted by Crippen LogP contribution is -2.47. The molecule has 1 aromatic rings. The number of nitrogens with one attached hydrogen (secondary N) is 2. The number of hydrogen-bond acceptors (Lipinski definition) is 7. The molecule has 1 unspecified atom stereocenters. The van der Waals surface area contributed by atoms with Crippen LogP contribution in [0.4, 0.5) is 0 Å². The lowest BCUT2D eigenvalue weighted by molar-refractivity contribution is -0.140. The lowest BCUT2D eigenvalue weighted by Gasteiger charge is -2.19. The highest BCUT2D eigenvalue weighted by Crippen LogP contribution is 2.30. The molecule has 1 aliphatic rings. The minimum absolute atomic E-state index is 0.361. The number of ether oxygens (including phenoxy) is 2. The monoisotopic (exact) mass is 342 g/mol. The number of carbonyl (C=O) groups excluding carboxylic acids is 2. The molecule has 2 heterocycles. The quantitative estimate of drug-likeness (QED) is 0.557. The SMILES string of the molecule is [2H]C[C@@H](NC(=O)[C@H]1O[C@@H](n2ccc(=O)[nH]c2=O)[C@@H](OC)C1O)C(C)=O. The van der Waals surface area contributed by atoms with Crippen LogP contribution < -0.4 is 16.6 Å². The van der Waals surface area contributed by atoms with E-state index in [0.717, 1.165) is 16.8 Å². The average Bonchev–Trinajstić information content (AvgIpc) is 2.88. The molecular weight excluding hydrogens is 322 g/mol. The third kappa shape index (κ3) is 3.45. The predicted molar refractivity (Wildman–Crippen MR) is 80.3 cm³/mol. The number of nitrogens with zero attached hydrogens (tertiary/aromatic N) is 1. The first-order chi connectivity index (χ1) is 11.8. The van der Waals surface area contributed by atoms with E-state index in [1.807, 2.05) is 4.98 Å². The molecule has 1 saturated heterocycles. The second-order valence-corrected chi connectivity index (χ2v) is 5.33. The topological polar surface area (TPSA) is 140 Å². The maximum absolute atomic E-state index is 12.3. The van der Waals surface area contributed by atoms with Crippen LogP contribution in [0.2, 0.25) is 0 Å². The minimum Gasteiger partial charge on any atom is -0.387 e. The molecule has 1 aromatic heterocycles. The number of rotatable bonds is 5. The Morgan fingerprint density at radius 2 is 2.25 bits per heavy atom. The molecule has 1 aliphatic heterocycles. The van der Waals surface area contributed by atoms with Crippen molar-refractivity contribution in [3.63, 3.8) is 0 Å². The van der Waals surface area contributed by atoms with E-state index in [0.29, 0.717) is 0 Å². The first kappa shape index (κ1) is 16.6. The van der Waals surface area contributed by atoms with Gasteiger partial charge in [-0.3, -0.25) is 23.9 Å². The first-order valence-electron chi connectivity index (χ1n) is 7.78. The zero-order chi connectivity index (χ0) is 18.7. The van der Waals surface area contributed by atoms with Crippen LogP contribution in [0, 0.1) is 0 Å². The largest absolute Gasteiger partial charge is 0.387 e. The summed E-state index contributed by atoms with van der Waals surface area (Å²) in [5.74, 6) is -1.21. The summed E-state index contributed by atoms with van der Waals surface area (Å²) in [7, 11) is 1.27. The standard InChI is InChI=1S/C14H19N3O7/c1-6(7(2)18)15-12(21)10-9(20)11(23-3)13(24-10)17-5-4-8(19)16-14(17)22/h4-6,9-11,13,20H,1-3H3,(H,15,21)(H,16,19,22)/t6-,9?,10+,11+,13-/m1/s1/i1D. The number of aromatic nitrogens is 2. The van der Waals surface area contributed by atoms with E-state index in [4.69, 9.17) is 10.8 Å². The molecule has 0 bridgehead atoms. The maximum Gasteiger partial charge on any atom is 0.330 e. The van der Waals surface area contributed by atoms with Crippen LogP contribution in [0.15, 0.2) is 21.9 Å². The lowest BCUT2D eigenvalue weighted by atomic mass is 10.1. The number of carbonyl (C=O) groups is 2. The molecule has 10 nitrogen and oxygen atoms in total. The van der Waals surface area contributed by atoms with Gasteiger partial charge in [0.05, 0.1) is 6.04 Å². The van der Waals surface area contributed by atoms with E-state index >= 15 is 0 Å². The van der Waals surface area contributed by atoms with Gasteiger partial charge < -0.3 is 19.9 Å². The van der Waals surface area contributed by atoms with Gasteiger partial charge in [0, 0.05) is 20.7 Å². The minimum atomic E-state index is -1.42. The summed E-state index contributed by atoms with van der Waals surface area (Å²) in [4.78, 5) is 48.7. The Morgan fingerprint density at radius 3 is 2.79 bits per heavy atom. The van der Waals surface area contributed by atoms with Crippen LogP contribution in [0.25, 0.3) is 0 Å². The van der Waals surface area contributed by atoms with Crippen molar-refractivity contribution in [2.45, 2.75) is 44.4 Å². The van der Waals surface area contributed by atoms with Crippen molar-refractivity contribution in [3.05, 3.63) is 33.1 Å². The highest BCUT2D eigenvalue weighted by molar-refractivity contribution is 5.89. The van der Waals surface area contributed by atoms with Crippen LogP contribution in [0.1, 0.15) is 21.4 Å². The van der Waals surface area contributed by atoms with Crippen molar-refractivity contribution >= 4 is 11.7 Å². The average molecular weight is 342 g/mol. The van der Waals surface area contributed by atoms with Crippen molar-refractivity contribution in [2.75, 3.05) is 7.11 Å². The van der Waals surface area contributed by atoms with E-state index < -0.39 is 53.5 Å². The second-order valence-electron chi connectivity index (χ2n) is 5.33. The molecule has 3 N–H and O–H groups in total. The Balaban J connectivity index is 2.25. The van der Waals surface area contributed by atoms with E-state index in [9.17, 15) is 24.3 Å². The van der Waals surface area contributed by atoms with Crippen molar-refractivity contribution in [1.82, 2.24) is 14.9 Å². The number of ketones is 1. The smallest absolute Gasteiger partial charge is 0.330 e. The summed E-state index contributed by atoms with van der Waals surface area (Å²) >= 11 is 0. The van der Waals surface area contributed by atoms with Crippen molar-refractivity contribution in [2.24, 2.45) is 0 Å². The van der Waals surface area contributed by atoms with Gasteiger partial charge in [-0.25, -0.2) is 4.79 Å². The van der Waals surface area contributed by atoms with Gasteiger partial charge in [-0.1, -0.05) is 0 Å². The van der Waals surface area contributed by atoms with Gasteiger partial charge in [-0.2, -0.15) is 0 Å². The van der Waals surface area contributed by atoms with E-state index in [-0.39, 0.29) is 6.90 Å². The fraction of sp³-hybridized carbons (Fsp3) is 0.571. The molecule has 5 atom stereocenters. The molecule has 0 saturated carbocycles. The molecule has 0 aliphatic carbocycles. The second kappa shape index (κ2) is 7.07. The van der Waals surface area contributed by atoms with E-state index in [2.05, 4.69) is 5.32 Å². The fourth-order valence-electron chi connectivity index (χ4n) is 2.33. The number of aliphatic hydroxyl groups is 1. The number of aromatic amines is 1. The fourth-order valence-corrected chi connectivity index (χ4v) is 2.33. The van der Waals surface area contributed by atoms with E-state index in [1.54, 1.807) is 0 Å². The molecule has 0 spiro atoms. The van der Waals surface area contributed by atoms with Gasteiger partial charge in [0.15, 0.2) is 18.1 Å².